The first-order chi connectivity index (χ1) is 15.7. The summed E-state index contributed by atoms with van der Waals surface area (Å²) in [5.41, 5.74) is -3.87. The highest BCUT2D eigenvalue weighted by Gasteiger charge is 2.46. The van der Waals surface area contributed by atoms with Gasteiger partial charge in [0.15, 0.2) is 0 Å². The van der Waals surface area contributed by atoms with Crippen molar-refractivity contribution >= 4 is 46.8 Å². The van der Waals surface area contributed by atoms with Gasteiger partial charge in [-0.1, -0.05) is 53.0 Å². The number of halogens is 9. The summed E-state index contributed by atoms with van der Waals surface area (Å²) in [4.78, 5) is 12.3. The molecule has 12 heteroatoms. The zero-order valence-electron chi connectivity index (χ0n) is 16.8. The second-order valence-corrected chi connectivity index (χ2v) is 8.82. The Labute approximate surface area is 204 Å². The third-order valence-corrected chi connectivity index (χ3v) is 6.31. The van der Waals surface area contributed by atoms with Gasteiger partial charge in [0.2, 0.25) is 0 Å². The van der Waals surface area contributed by atoms with Crippen molar-refractivity contribution in [3.05, 3.63) is 73.7 Å². The molecule has 0 radical (unpaired) electrons. The molecule has 1 atom stereocenters. The molecule has 1 amide bonds. The van der Waals surface area contributed by atoms with Crippen LogP contribution in [0.2, 0.25) is 15.1 Å². The highest BCUT2D eigenvalue weighted by Crippen LogP contribution is 2.41. The lowest BCUT2D eigenvalue weighted by molar-refractivity contribution is -0.139. The lowest BCUT2D eigenvalue weighted by Crippen LogP contribution is -2.36. The molecule has 1 aliphatic carbocycles. The Balaban J connectivity index is 1.98. The Kier molecular flexibility index (Phi) is 7.19. The van der Waals surface area contributed by atoms with Gasteiger partial charge in [0.05, 0.1) is 38.2 Å². The van der Waals surface area contributed by atoms with Crippen molar-refractivity contribution in [3.63, 3.8) is 0 Å². The van der Waals surface area contributed by atoms with Crippen LogP contribution in [-0.4, -0.2) is 17.6 Å². The van der Waals surface area contributed by atoms with E-state index in [2.05, 4.69) is 5.32 Å². The molecule has 0 aliphatic heterocycles. The minimum atomic E-state index is -4.97. The lowest BCUT2D eigenvalue weighted by atomic mass is 9.96. The summed E-state index contributed by atoms with van der Waals surface area (Å²) in [7, 11) is 0. The third kappa shape index (κ3) is 5.80. The maximum atomic E-state index is 13.7. The van der Waals surface area contributed by atoms with E-state index in [0.29, 0.717) is 25.0 Å². The van der Waals surface area contributed by atoms with Crippen molar-refractivity contribution in [2.75, 3.05) is 0 Å². The largest absolute Gasteiger partial charge is 0.417 e. The predicted molar refractivity (Wildman–Crippen MR) is 116 cm³/mol. The van der Waals surface area contributed by atoms with E-state index >= 15 is 0 Å². The predicted octanol–water partition coefficient (Wildman–Crippen LogP) is 7.81. The van der Waals surface area contributed by atoms with Crippen molar-refractivity contribution in [2.45, 2.75) is 36.7 Å². The first kappa shape index (κ1) is 26.2. The van der Waals surface area contributed by atoms with Gasteiger partial charge in [-0.25, -0.2) is 0 Å². The van der Waals surface area contributed by atoms with Gasteiger partial charge in [-0.15, -0.1) is 0 Å². The monoisotopic (exact) mass is 540 g/mol. The number of carbonyl (C=O) groups is 1. The summed E-state index contributed by atoms with van der Waals surface area (Å²) in [6.45, 7) is 0. The van der Waals surface area contributed by atoms with E-state index in [4.69, 9.17) is 40.1 Å². The van der Waals surface area contributed by atoms with Gasteiger partial charge in [0.25, 0.3) is 5.91 Å². The second kappa shape index (κ2) is 9.33. The fourth-order valence-electron chi connectivity index (χ4n) is 3.14. The van der Waals surface area contributed by atoms with Gasteiger partial charge in [-0.2, -0.15) is 31.6 Å². The van der Waals surface area contributed by atoms with Crippen molar-refractivity contribution in [1.29, 1.82) is 5.26 Å². The van der Waals surface area contributed by atoms with E-state index in [1.807, 2.05) is 6.07 Å². The smallest absolute Gasteiger partial charge is 0.334 e. The van der Waals surface area contributed by atoms with Crippen LogP contribution < -0.4 is 5.32 Å². The number of hydrogen-bond acceptors (Lipinski definition) is 2. The average molecular weight is 542 g/mol. The minimum absolute atomic E-state index is 0.134. The molecule has 0 aromatic heterocycles. The van der Waals surface area contributed by atoms with Crippen LogP contribution in [0, 0.1) is 11.3 Å². The number of alkyl halides is 6. The molecule has 180 valence electrons. The van der Waals surface area contributed by atoms with Crippen LogP contribution in [0.5, 0.6) is 0 Å². The molecule has 1 fully saturated rings. The number of amides is 1. The molecular formula is C22H13Cl3F6N2O. The number of benzene rings is 2. The lowest BCUT2D eigenvalue weighted by Gasteiger charge is -2.19. The Morgan fingerprint density at radius 1 is 1.06 bits per heavy atom. The summed E-state index contributed by atoms with van der Waals surface area (Å²) < 4.78 is 81.9. The van der Waals surface area contributed by atoms with Gasteiger partial charge in [-0.05, 0) is 48.2 Å². The molecule has 3 nitrogen and oxygen atoms in total. The average Bonchev–Trinajstić information content (AvgIpc) is 3.50. The van der Waals surface area contributed by atoms with Crippen LogP contribution in [0.15, 0.2) is 36.4 Å². The molecule has 34 heavy (non-hydrogen) atoms. The van der Waals surface area contributed by atoms with Crippen molar-refractivity contribution in [1.82, 2.24) is 5.32 Å². The van der Waals surface area contributed by atoms with E-state index in [0.717, 1.165) is 30.3 Å². The zero-order valence-corrected chi connectivity index (χ0v) is 19.1. The standard InChI is InChI=1S/C22H13Cl3F6N2O/c23-16-8-12(9-17(24)18(16)25)14(21(26,27)28)4-2-11-1-3-13(15(7-11)22(29,30)31)19(34)33-20(10-32)5-6-20/h1-4,7-9,14H,5-6H2,(H,33,34)/b4-2+. The topological polar surface area (TPSA) is 52.9 Å². The summed E-state index contributed by atoms with van der Waals surface area (Å²) in [6.07, 6.45) is -7.66. The molecule has 1 N–H and O–H groups in total. The number of rotatable bonds is 5. The molecule has 0 spiro atoms. The second-order valence-electron chi connectivity index (χ2n) is 7.63. The normalized spacial score (nSPS) is 16.2. The molecule has 0 saturated heterocycles. The van der Waals surface area contributed by atoms with Crippen LogP contribution in [0.3, 0.4) is 0 Å². The number of nitriles is 1. The minimum Gasteiger partial charge on any atom is -0.334 e. The summed E-state index contributed by atoms with van der Waals surface area (Å²) in [6, 6.07) is 6.26. The van der Waals surface area contributed by atoms with Crippen molar-refractivity contribution in [2.24, 2.45) is 0 Å². The Bertz CT molecular complexity index is 1170. The molecule has 1 saturated carbocycles. The first-order valence-corrected chi connectivity index (χ1v) is 10.6. The maximum absolute atomic E-state index is 13.7. The van der Waals surface area contributed by atoms with Gasteiger partial charge in [0, 0.05) is 0 Å². The number of hydrogen-bond donors (Lipinski definition) is 1. The molecule has 1 unspecified atom stereocenters. The summed E-state index contributed by atoms with van der Waals surface area (Å²) in [5, 5.41) is 10.7. The zero-order chi connectivity index (χ0) is 25.5. The number of allylic oxidation sites excluding steroid dienone is 1. The first-order valence-electron chi connectivity index (χ1n) is 9.51. The Morgan fingerprint density at radius 2 is 1.65 bits per heavy atom. The van der Waals surface area contributed by atoms with Gasteiger partial charge < -0.3 is 5.32 Å². The number of nitrogens with zero attached hydrogens (tertiary/aromatic N) is 1. The van der Waals surface area contributed by atoms with Crippen LogP contribution >= 0.6 is 34.8 Å². The van der Waals surface area contributed by atoms with Crippen LogP contribution in [-0.2, 0) is 6.18 Å². The molecule has 2 aromatic rings. The molecule has 2 aromatic carbocycles. The van der Waals surface area contributed by atoms with Crippen molar-refractivity contribution in [3.8, 4) is 6.07 Å². The van der Waals surface area contributed by atoms with Crippen molar-refractivity contribution < 1.29 is 31.1 Å². The molecule has 0 bridgehead atoms. The van der Waals surface area contributed by atoms with E-state index in [-0.39, 0.29) is 26.2 Å². The van der Waals surface area contributed by atoms with Gasteiger partial charge in [-0.3, -0.25) is 4.79 Å². The highest BCUT2D eigenvalue weighted by molar-refractivity contribution is 6.48. The van der Waals surface area contributed by atoms with E-state index < -0.39 is 40.8 Å². The third-order valence-electron chi connectivity index (χ3n) is 5.11. The highest BCUT2D eigenvalue weighted by atomic mass is 35.5. The van der Waals surface area contributed by atoms with E-state index in [9.17, 15) is 31.1 Å². The van der Waals surface area contributed by atoms with Gasteiger partial charge in [0.1, 0.15) is 5.54 Å². The molecule has 3 rings (SSSR count). The van der Waals surface area contributed by atoms with E-state index in [1.165, 1.54) is 0 Å². The fraction of sp³-hybridized carbons (Fsp3) is 0.273. The van der Waals surface area contributed by atoms with Crippen LogP contribution in [0.25, 0.3) is 6.08 Å². The van der Waals surface area contributed by atoms with Crippen LogP contribution in [0.4, 0.5) is 26.3 Å². The van der Waals surface area contributed by atoms with Gasteiger partial charge >= 0.3 is 12.4 Å². The quantitative estimate of drug-likeness (QED) is 0.310. The van der Waals surface area contributed by atoms with E-state index in [1.54, 1.807) is 0 Å². The molecular weight excluding hydrogens is 529 g/mol. The molecule has 1 aliphatic rings. The Hall–Kier alpha value is -2.41. The van der Waals surface area contributed by atoms with Crippen LogP contribution in [0.1, 0.15) is 45.8 Å². The fourth-order valence-corrected chi connectivity index (χ4v) is 3.76. The maximum Gasteiger partial charge on any atom is 0.417 e. The number of nitrogens with one attached hydrogen (secondary N) is 1. The SMILES string of the molecule is N#CC1(NC(=O)c2ccc(/C=C/C(c3cc(Cl)c(Cl)c(Cl)c3)C(F)(F)F)cc2C(F)(F)F)CC1. The Morgan fingerprint density at radius 3 is 2.12 bits per heavy atom. The summed E-state index contributed by atoms with van der Waals surface area (Å²) >= 11 is 17.4. The summed E-state index contributed by atoms with van der Waals surface area (Å²) in [5.74, 6) is -3.34. The molecule has 0 heterocycles. The number of carbonyl (C=O) groups excluding carboxylic acids is 1.